The molecule has 4 nitrogen and oxygen atoms in total. The molecule has 2 unspecified atom stereocenters. The van der Waals surface area contributed by atoms with Crippen LogP contribution in [0.3, 0.4) is 0 Å². The van der Waals surface area contributed by atoms with Gasteiger partial charge in [-0.3, -0.25) is 9.88 Å². The summed E-state index contributed by atoms with van der Waals surface area (Å²) in [5, 5.41) is 9.05. The van der Waals surface area contributed by atoms with E-state index in [1.54, 1.807) is 6.20 Å². The van der Waals surface area contributed by atoms with E-state index >= 15 is 0 Å². The van der Waals surface area contributed by atoms with E-state index < -0.39 is 0 Å². The molecule has 0 N–H and O–H groups in total. The Bertz CT molecular complexity index is 453. The molecule has 88 valence electrons. The summed E-state index contributed by atoms with van der Waals surface area (Å²) in [6, 6.07) is 7.22. The highest BCUT2D eigenvalue weighted by Gasteiger charge is 2.43. The summed E-state index contributed by atoms with van der Waals surface area (Å²) >= 11 is 0. The van der Waals surface area contributed by atoms with Crippen molar-refractivity contribution in [2.75, 3.05) is 20.1 Å². The van der Waals surface area contributed by atoms with Crippen LogP contribution in [0.1, 0.15) is 17.7 Å². The van der Waals surface area contributed by atoms with E-state index in [-0.39, 0.29) is 0 Å². The summed E-state index contributed by atoms with van der Waals surface area (Å²) in [5.41, 5.74) is 1.64. The number of nitrogens with zero attached hydrogens (tertiary/aromatic N) is 4. The number of hydrogen-bond acceptors (Lipinski definition) is 4. The quantitative estimate of drug-likeness (QED) is 0.752. The second-order valence-electron chi connectivity index (χ2n) is 5.05. The van der Waals surface area contributed by atoms with Crippen LogP contribution in [0.15, 0.2) is 18.3 Å². The van der Waals surface area contributed by atoms with Crippen LogP contribution in [0, 0.1) is 11.3 Å². The number of fused-ring (bicyclic) bond motifs is 2. The number of aromatic nitrogens is 1. The van der Waals surface area contributed by atoms with E-state index in [1.807, 2.05) is 12.1 Å². The van der Waals surface area contributed by atoms with Gasteiger partial charge in [-0.05, 0) is 25.6 Å². The number of nitriles is 1. The summed E-state index contributed by atoms with van der Waals surface area (Å²) in [5.74, 6) is 0. The molecule has 1 aromatic heterocycles. The Hall–Kier alpha value is -1.44. The molecule has 0 spiro atoms. The molecular formula is C13H16N4. The molecule has 0 saturated carbocycles. The lowest BCUT2D eigenvalue weighted by molar-refractivity contribution is -0.0675. The fraction of sp³-hybridized carbons (Fsp3) is 0.538. The van der Waals surface area contributed by atoms with Crippen molar-refractivity contribution in [2.24, 2.45) is 0 Å². The van der Waals surface area contributed by atoms with E-state index in [9.17, 15) is 0 Å². The Labute approximate surface area is 101 Å². The number of rotatable bonds is 2. The first-order valence-corrected chi connectivity index (χ1v) is 6.06. The average molecular weight is 228 g/mol. The molecule has 4 heteroatoms. The highest BCUT2D eigenvalue weighted by Crippen LogP contribution is 2.32. The Balaban J connectivity index is 1.75. The summed E-state index contributed by atoms with van der Waals surface area (Å²) in [6.07, 6.45) is 3.08. The van der Waals surface area contributed by atoms with Crippen LogP contribution in [-0.4, -0.2) is 47.0 Å². The zero-order chi connectivity index (χ0) is 11.8. The third-order valence-electron chi connectivity index (χ3n) is 3.87. The molecule has 3 saturated heterocycles. The second kappa shape index (κ2) is 4.10. The molecule has 4 heterocycles. The largest absolute Gasteiger partial charge is 0.303 e. The molecule has 1 aromatic rings. The first-order valence-electron chi connectivity index (χ1n) is 6.06. The number of piperazine rings is 1. The normalized spacial score (nSPS) is 28.5. The predicted molar refractivity (Wildman–Crippen MR) is 64.2 cm³/mol. The number of piperidine rings is 1. The van der Waals surface area contributed by atoms with Crippen molar-refractivity contribution < 1.29 is 0 Å². The number of likely N-dealkylation sites (N-methyl/N-ethyl adjacent to an activating group) is 1. The Morgan fingerprint density at radius 1 is 1.47 bits per heavy atom. The standard InChI is InChI=1S/C13H16N4/c1-16-7-11-5-12(8-16)17(11)9-13-10(6-14)3-2-4-15-13/h2-4,11-12H,5,7-9H2,1H3. The lowest BCUT2D eigenvalue weighted by atomic mass is 9.87. The summed E-state index contributed by atoms with van der Waals surface area (Å²) in [4.78, 5) is 9.22. The third kappa shape index (κ3) is 1.82. The van der Waals surface area contributed by atoms with Crippen LogP contribution in [0.2, 0.25) is 0 Å². The molecule has 17 heavy (non-hydrogen) atoms. The van der Waals surface area contributed by atoms with Gasteiger partial charge in [-0.15, -0.1) is 0 Å². The van der Waals surface area contributed by atoms with Crippen molar-refractivity contribution in [3.63, 3.8) is 0 Å². The molecule has 0 aliphatic carbocycles. The van der Waals surface area contributed by atoms with Crippen LogP contribution in [0.5, 0.6) is 0 Å². The fourth-order valence-electron chi connectivity index (χ4n) is 2.99. The SMILES string of the molecule is CN1CC2CC(C1)N2Cc1ncccc1C#N. The Morgan fingerprint density at radius 2 is 2.24 bits per heavy atom. The molecule has 3 aliphatic heterocycles. The zero-order valence-corrected chi connectivity index (χ0v) is 10.0. The van der Waals surface area contributed by atoms with Gasteiger partial charge in [0.15, 0.2) is 0 Å². The summed E-state index contributed by atoms with van der Waals surface area (Å²) in [7, 11) is 2.18. The van der Waals surface area contributed by atoms with Gasteiger partial charge in [-0.1, -0.05) is 0 Å². The minimum absolute atomic E-state index is 0.660. The Kier molecular flexibility index (Phi) is 2.58. The minimum atomic E-state index is 0.660. The van der Waals surface area contributed by atoms with Crippen molar-refractivity contribution in [3.8, 4) is 6.07 Å². The maximum atomic E-state index is 9.05. The Morgan fingerprint density at radius 3 is 2.94 bits per heavy atom. The van der Waals surface area contributed by atoms with Crippen LogP contribution < -0.4 is 0 Å². The highest BCUT2D eigenvalue weighted by atomic mass is 15.3. The van der Waals surface area contributed by atoms with Gasteiger partial charge in [0.05, 0.1) is 11.3 Å². The zero-order valence-electron chi connectivity index (χ0n) is 10.0. The van der Waals surface area contributed by atoms with Crippen LogP contribution in [0.25, 0.3) is 0 Å². The fourth-order valence-corrected chi connectivity index (χ4v) is 2.99. The van der Waals surface area contributed by atoms with Gasteiger partial charge >= 0.3 is 0 Å². The van der Waals surface area contributed by atoms with E-state index in [4.69, 9.17) is 5.26 Å². The third-order valence-corrected chi connectivity index (χ3v) is 3.87. The van der Waals surface area contributed by atoms with Gasteiger partial charge < -0.3 is 4.90 Å². The van der Waals surface area contributed by atoms with E-state index in [0.29, 0.717) is 17.6 Å². The van der Waals surface area contributed by atoms with Gasteiger partial charge in [0.25, 0.3) is 0 Å². The smallest absolute Gasteiger partial charge is 0.101 e. The van der Waals surface area contributed by atoms with E-state index in [2.05, 4.69) is 27.9 Å². The summed E-state index contributed by atoms with van der Waals surface area (Å²) < 4.78 is 0. The first kappa shape index (κ1) is 10.7. The minimum Gasteiger partial charge on any atom is -0.303 e. The molecule has 2 bridgehead atoms. The van der Waals surface area contributed by atoms with Crippen LogP contribution in [-0.2, 0) is 6.54 Å². The van der Waals surface area contributed by atoms with Gasteiger partial charge in [-0.2, -0.15) is 5.26 Å². The molecule has 0 radical (unpaired) electrons. The van der Waals surface area contributed by atoms with Crippen LogP contribution in [0.4, 0.5) is 0 Å². The molecular weight excluding hydrogens is 212 g/mol. The molecule has 2 atom stereocenters. The van der Waals surface area contributed by atoms with Gasteiger partial charge in [0.2, 0.25) is 0 Å². The van der Waals surface area contributed by atoms with Crippen molar-refractivity contribution in [2.45, 2.75) is 25.0 Å². The first-order chi connectivity index (χ1) is 8.28. The van der Waals surface area contributed by atoms with E-state index in [0.717, 1.165) is 25.3 Å². The van der Waals surface area contributed by atoms with Crippen molar-refractivity contribution in [1.29, 1.82) is 5.26 Å². The lowest BCUT2D eigenvalue weighted by Gasteiger charge is -2.55. The van der Waals surface area contributed by atoms with E-state index in [1.165, 1.54) is 6.42 Å². The number of hydrogen-bond donors (Lipinski definition) is 0. The molecule has 4 rings (SSSR count). The van der Waals surface area contributed by atoms with Gasteiger partial charge in [-0.25, -0.2) is 0 Å². The maximum absolute atomic E-state index is 9.05. The highest BCUT2D eigenvalue weighted by molar-refractivity contribution is 5.32. The molecule has 3 aliphatic rings. The second-order valence-corrected chi connectivity index (χ2v) is 5.05. The molecule has 0 aromatic carbocycles. The van der Waals surface area contributed by atoms with Gasteiger partial charge in [0.1, 0.15) is 6.07 Å². The lowest BCUT2D eigenvalue weighted by Crippen LogP contribution is -2.67. The molecule has 3 fully saturated rings. The maximum Gasteiger partial charge on any atom is 0.101 e. The van der Waals surface area contributed by atoms with Crippen molar-refractivity contribution in [1.82, 2.24) is 14.8 Å². The average Bonchev–Trinajstić information content (AvgIpc) is 2.36. The van der Waals surface area contributed by atoms with Crippen molar-refractivity contribution in [3.05, 3.63) is 29.6 Å². The molecule has 0 amide bonds. The monoisotopic (exact) mass is 228 g/mol. The van der Waals surface area contributed by atoms with Gasteiger partial charge in [0, 0.05) is 37.9 Å². The number of pyridine rings is 1. The topological polar surface area (TPSA) is 43.2 Å². The predicted octanol–water partition coefficient (Wildman–Crippen LogP) is 0.842. The van der Waals surface area contributed by atoms with Crippen molar-refractivity contribution >= 4 is 0 Å². The van der Waals surface area contributed by atoms with Crippen LogP contribution >= 0.6 is 0 Å². The summed E-state index contributed by atoms with van der Waals surface area (Å²) in [6.45, 7) is 3.11.